The van der Waals surface area contributed by atoms with Crippen molar-refractivity contribution in [2.75, 3.05) is 0 Å². The summed E-state index contributed by atoms with van der Waals surface area (Å²) in [6.45, 7) is 6.39. The lowest BCUT2D eigenvalue weighted by molar-refractivity contribution is 0.402. The molecule has 1 atom stereocenters. The number of aromatic nitrogens is 1. The first-order valence-electron chi connectivity index (χ1n) is 5.97. The molecule has 0 aliphatic heterocycles. The summed E-state index contributed by atoms with van der Waals surface area (Å²) in [6.07, 6.45) is 1.70. The van der Waals surface area contributed by atoms with Crippen LogP contribution in [-0.4, -0.2) is 4.98 Å². The van der Waals surface area contributed by atoms with E-state index in [-0.39, 0.29) is 11.9 Å². The van der Waals surface area contributed by atoms with Crippen molar-refractivity contribution in [2.24, 2.45) is 0 Å². The smallest absolute Gasteiger partial charge is 0.211 e. The van der Waals surface area contributed by atoms with Crippen LogP contribution in [0.1, 0.15) is 35.7 Å². The zero-order chi connectivity index (χ0) is 13.1. The highest BCUT2D eigenvalue weighted by Gasteiger charge is 2.11. The summed E-state index contributed by atoms with van der Waals surface area (Å²) >= 11 is 0. The molecular weight excluding hydrogens is 231 g/mol. The topological polar surface area (TPSA) is 38.1 Å². The van der Waals surface area contributed by atoms with Crippen molar-refractivity contribution >= 4 is 0 Å². The summed E-state index contributed by atoms with van der Waals surface area (Å²) in [4.78, 5) is 4.16. The third kappa shape index (κ3) is 2.96. The minimum absolute atomic E-state index is 0.00127. The number of oxazole rings is 1. The largest absolute Gasteiger partial charge is 0.444 e. The molecule has 0 aliphatic carbocycles. The van der Waals surface area contributed by atoms with Crippen molar-refractivity contribution in [3.8, 4) is 0 Å². The maximum atomic E-state index is 13.1. The van der Waals surface area contributed by atoms with Crippen molar-refractivity contribution in [1.29, 1.82) is 0 Å². The molecule has 4 heteroatoms. The average molecular weight is 248 g/mol. The maximum Gasteiger partial charge on any atom is 0.211 e. The quantitative estimate of drug-likeness (QED) is 0.902. The van der Waals surface area contributed by atoms with Crippen LogP contribution in [0.2, 0.25) is 0 Å². The molecule has 0 spiro atoms. The van der Waals surface area contributed by atoms with Gasteiger partial charge in [0.15, 0.2) is 0 Å². The molecule has 1 N–H and O–H groups in total. The van der Waals surface area contributed by atoms with Gasteiger partial charge in [-0.05, 0) is 44.0 Å². The summed E-state index contributed by atoms with van der Waals surface area (Å²) in [5.41, 5.74) is 2.02. The van der Waals surface area contributed by atoms with Gasteiger partial charge < -0.3 is 9.73 Å². The summed E-state index contributed by atoms with van der Waals surface area (Å²) in [7, 11) is 0. The van der Waals surface area contributed by atoms with E-state index in [4.69, 9.17) is 4.42 Å². The molecule has 3 nitrogen and oxygen atoms in total. The van der Waals surface area contributed by atoms with E-state index in [1.807, 2.05) is 20.8 Å². The molecule has 0 aliphatic rings. The van der Waals surface area contributed by atoms with Gasteiger partial charge in [-0.3, -0.25) is 0 Å². The standard InChI is InChI=1S/C14H17FN2O/c1-9-4-5-13(15)6-12(9)8-16-11(3)14-17-7-10(2)18-14/h4-7,11,16H,8H2,1-3H3. The lowest BCUT2D eigenvalue weighted by atomic mass is 10.1. The van der Waals surface area contributed by atoms with Crippen LogP contribution in [0.25, 0.3) is 0 Å². The molecule has 0 fully saturated rings. The average Bonchev–Trinajstić information content (AvgIpc) is 2.77. The normalized spacial score (nSPS) is 12.7. The van der Waals surface area contributed by atoms with Gasteiger partial charge in [0.1, 0.15) is 11.6 Å². The first-order chi connectivity index (χ1) is 8.56. The molecule has 2 rings (SSSR count). The number of benzene rings is 1. The van der Waals surface area contributed by atoms with Gasteiger partial charge in [-0.2, -0.15) is 0 Å². The third-order valence-electron chi connectivity index (χ3n) is 2.92. The van der Waals surface area contributed by atoms with E-state index in [1.54, 1.807) is 18.3 Å². The molecule has 96 valence electrons. The van der Waals surface area contributed by atoms with Crippen LogP contribution in [0.3, 0.4) is 0 Å². The van der Waals surface area contributed by atoms with Gasteiger partial charge in [0.2, 0.25) is 5.89 Å². The molecule has 1 aromatic heterocycles. The zero-order valence-corrected chi connectivity index (χ0v) is 10.8. The van der Waals surface area contributed by atoms with E-state index in [0.29, 0.717) is 12.4 Å². The zero-order valence-electron chi connectivity index (χ0n) is 10.8. The number of nitrogens with one attached hydrogen (secondary N) is 1. The Bertz CT molecular complexity index is 536. The Morgan fingerprint density at radius 2 is 2.17 bits per heavy atom. The third-order valence-corrected chi connectivity index (χ3v) is 2.92. The first kappa shape index (κ1) is 12.8. The Hall–Kier alpha value is -1.68. The maximum absolute atomic E-state index is 13.1. The van der Waals surface area contributed by atoms with Crippen LogP contribution in [0, 0.1) is 19.7 Å². The number of aryl methyl sites for hydroxylation is 2. The van der Waals surface area contributed by atoms with E-state index < -0.39 is 0 Å². The molecule has 1 aromatic carbocycles. The number of halogens is 1. The molecule has 0 amide bonds. The van der Waals surface area contributed by atoms with Gasteiger partial charge in [-0.25, -0.2) is 9.37 Å². The van der Waals surface area contributed by atoms with Gasteiger partial charge in [0, 0.05) is 6.54 Å². The first-order valence-corrected chi connectivity index (χ1v) is 5.97. The minimum Gasteiger partial charge on any atom is -0.444 e. The highest BCUT2D eigenvalue weighted by Crippen LogP contribution is 2.15. The second-order valence-corrected chi connectivity index (χ2v) is 4.48. The van der Waals surface area contributed by atoms with E-state index in [0.717, 1.165) is 16.9 Å². The summed E-state index contributed by atoms with van der Waals surface area (Å²) in [6, 6.07) is 4.81. The van der Waals surface area contributed by atoms with E-state index in [9.17, 15) is 4.39 Å². The van der Waals surface area contributed by atoms with Crippen molar-refractivity contribution in [1.82, 2.24) is 10.3 Å². The molecule has 0 saturated heterocycles. The van der Waals surface area contributed by atoms with Crippen LogP contribution in [0.15, 0.2) is 28.8 Å². The Morgan fingerprint density at radius 3 is 2.83 bits per heavy atom. The van der Waals surface area contributed by atoms with Crippen molar-refractivity contribution in [3.63, 3.8) is 0 Å². The van der Waals surface area contributed by atoms with Gasteiger partial charge in [-0.1, -0.05) is 6.07 Å². The second kappa shape index (κ2) is 5.31. The number of rotatable bonds is 4. The van der Waals surface area contributed by atoms with Crippen LogP contribution in [0.5, 0.6) is 0 Å². The molecule has 18 heavy (non-hydrogen) atoms. The number of hydrogen-bond donors (Lipinski definition) is 1. The van der Waals surface area contributed by atoms with E-state index in [1.165, 1.54) is 6.07 Å². The highest BCUT2D eigenvalue weighted by molar-refractivity contribution is 5.26. The summed E-state index contributed by atoms with van der Waals surface area (Å²) in [5, 5.41) is 3.27. The summed E-state index contributed by atoms with van der Waals surface area (Å²) < 4.78 is 18.6. The fourth-order valence-corrected chi connectivity index (χ4v) is 1.75. The lowest BCUT2D eigenvalue weighted by Crippen LogP contribution is -2.19. The van der Waals surface area contributed by atoms with Crippen molar-refractivity contribution in [2.45, 2.75) is 33.4 Å². The SMILES string of the molecule is Cc1cnc(C(C)NCc2cc(F)ccc2C)o1. The van der Waals surface area contributed by atoms with Gasteiger partial charge >= 0.3 is 0 Å². The van der Waals surface area contributed by atoms with E-state index in [2.05, 4.69) is 10.3 Å². The van der Waals surface area contributed by atoms with Gasteiger partial charge in [0.25, 0.3) is 0 Å². The second-order valence-electron chi connectivity index (χ2n) is 4.48. The van der Waals surface area contributed by atoms with Crippen LogP contribution >= 0.6 is 0 Å². The van der Waals surface area contributed by atoms with Gasteiger partial charge in [0.05, 0.1) is 12.2 Å². The van der Waals surface area contributed by atoms with E-state index >= 15 is 0 Å². The molecule has 0 radical (unpaired) electrons. The number of nitrogens with zero attached hydrogens (tertiary/aromatic N) is 1. The number of hydrogen-bond acceptors (Lipinski definition) is 3. The van der Waals surface area contributed by atoms with Crippen LogP contribution in [0.4, 0.5) is 4.39 Å². The Labute approximate surface area is 106 Å². The van der Waals surface area contributed by atoms with Crippen molar-refractivity contribution in [3.05, 3.63) is 53.0 Å². The van der Waals surface area contributed by atoms with Crippen molar-refractivity contribution < 1.29 is 8.81 Å². The highest BCUT2D eigenvalue weighted by atomic mass is 19.1. The molecule has 0 bridgehead atoms. The van der Waals surface area contributed by atoms with Gasteiger partial charge in [-0.15, -0.1) is 0 Å². The molecular formula is C14H17FN2O. The molecule has 0 saturated carbocycles. The lowest BCUT2D eigenvalue weighted by Gasteiger charge is -2.12. The Kier molecular flexibility index (Phi) is 3.77. The minimum atomic E-state index is -0.211. The predicted octanol–water partition coefficient (Wildman–Crippen LogP) is 3.28. The Balaban J connectivity index is 2.01. The fraction of sp³-hybridized carbons (Fsp3) is 0.357. The van der Waals surface area contributed by atoms with Crippen LogP contribution < -0.4 is 5.32 Å². The molecule has 1 unspecified atom stereocenters. The predicted molar refractivity (Wildman–Crippen MR) is 67.6 cm³/mol. The fourth-order valence-electron chi connectivity index (χ4n) is 1.75. The molecule has 1 heterocycles. The molecule has 2 aromatic rings. The Morgan fingerprint density at radius 1 is 1.39 bits per heavy atom. The monoisotopic (exact) mass is 248 g/mol. The summed E-state index contributed by atoms with van der Waals surface area (Å²) in [5.74, 6) is 1.24. The van der Waals surface area contributed by atoms with Crippen LogP contribution in [-0.2, 0) is 6.54 Å².